The number of nitrogens with one attached hydrogen (secondary N) is 1. The fourth-order valence-corrected chi connectivity index (χ4v) is 2.48. The molecule has 0 spiro atoms. The number of hydrogen-bond donors (Lipinski definition) is 2. The minimum absolute atomic E-state index is 0.113. The highest BCUT2D eigenvalue weighted by atomic mass is 32.2. The van der Waals surface area contributed by atoms with Crippen LogP contribution in [-0.4, -0.2) is 33.7 Å². The fourth-order valence-electron chi connectivity index (χ4n) is 1.24. The number of para-hydroxylation sites is 1. The number of amides is 1. The first-order chi connectivity index (χ1) is 8.86. The van der Waals surface area contributed by atoms with E-state index in [4.69, 9.17) is 5.11 Å². The zero-order chi connectivity index (χ0) is 14.5. The van der Waals surface area contributed by atoms with Crippen molar-refractivity contribution in [1.82, 2.24) is 0 Å². The van der Waals surface area contributed by atoms with Crippen molar-refractivity contribution in [2.24, 2.45) is 0 Å². The predicted octanol–water partition coefficient (Wildman–Crippen LogP) is 2.94. The quantitative estimate of drug-likeness (QED) is 0.791. The van der Waals surface area contributed by atoms with Gasteiger partial charge in [-0.2, -0.15) is 0 Å². The van der Waals surface area contributed by atoms with Crippen LogP contribution in [-0.2, 0) is 9.59 Å². The maximum Gasteiger partial charge on any atom is 0.319 e. The highest BCUT2D eigenvalue weighted by Crippen LogP contribution is 2.27. The number of benzene rings is 1. The van der Waals surface area contributed by atoms with Gasteiger partial charge in [0.05, 0.1) is 11.4 Å². The lowest BCUT2D eigenvalue weighted by Gasteiger charge is -2.18. The molecule has 1 aromatic carbocycles. The molecule has 0 unspecified atom stereocenters. The number of hydrogen-bond acceptors (Lipinski definition) is 4. The molecule has 104 valence electrons. The number of thioether (sulfide) groups is 2. The first-order valence-corrected chi connectivity index (χ1v) is 7.88. The number of aliphatic carboxylic acids is 1. The van der Waals surface area contributed by atoms with Crippen LogP contribution in [0.2, 0.25) is 0 Å². The SMILES string of the molecule is CSc1ccccc1NC(=O)CSC(C)(C)C(=O)O. The molecule has 1 amide bonds. The van der Waals surface area contributed by atoms with Crippen LogP contribution in [0.1, 0.15) is 13.8 Å². The number of rotatable bonds is 6. The largest absolute Gasteiger partial charge is 0.480 e. The van der Waals surface area contributed by atoms with Crippen LogP contribution in [0.25, 0.3) is 0 Å². The normalized spacial score (nSPS) is 11.1. The number of anilines is 1. The van der Waals surface area contributed by atoms with E-state index in [9.17, 15) is 9.59 Å². The zero-order valence-electron chi connectivity index (χ0n) is 11.1. The summed E-state index contributed by atoms with van der Waals surface area (Å²) in [5, 5.41) is 11.8. The van der Waals surface area contributed by atoms with E-state index in [1.165, 1.54) is 0 Å². The van der Waals surface area contributed by atoms with E-state index >= 15 is 0 Å². The van der Waals surface area contributed by atoms with Crippen molar-refractivity contribution in [2.45, 2.75) is 23.5 Å². The first-order valence-electron chi connectivity index (χ1n) is 5.67. The zero-order valence-corrected chi connectivity index (χ0v) is 12.7. The van der Waals surface area contributed by atoms with E-state index in [0.29, 0.717) is 0 Å². The molecule has 4 nitrogen and oxygen atoms in total. The maximum atomic E-state index is 11.8. The molecule has 0 aliphatic carbocycles. The molecule has 0 radical (unpaired) electrons. The Balaban J connectivity index is 2.59. The molecule has 0 heterocycles. The minimum Gasteiger partial charge on any atom is -0.480 e. The van der Waals surface area contributed by atoms with Crippen LogP contribution in [0.5, 0.6) is 0 Å². The second-order valence-corrected chi connectivity index (χ2v) is 6.80. The first kappa shape index (κ1) is 15.9. The summed E-state index contributed by atoms with van der Waals surface area (Å²) in [7, 11) is 0. The van der Waals surface area contributed by atoms with E-state index < -0.39 is 10.7 Å². The number of carbonyl (C=O) groups excluding carboxylic acids is 1. The summed E-state index contributed by atoms with van der Waals surface area (Å²) < 4.78 is -0.962. The van der Waals surface area contributed by atoms with Crippen molar-refractivity contribution < 1.29 is 14.7 Å². The van der Waals surface area contributed by atoms with Crippen LogP contribution in [0.4, 0.5) is 5.69 Å². The number of carbonyl (C=O) groups is 2. The highest BCUT2D eigenvalue weighted by molar-refractivity contribution is 8.02. The van der Waals surface area contributed by atoms with Crippen molar-refractivity contribution in [3.05, 3.63) is 24.3 Å². The average Bonchev–Trinajstić information content (AvgIpc) is 2.37. The van der Waals surface area contributed by atoms with Crippen LogP contribution in [0.15, 0.2) is 29.2 Å². The molecule has 0 saturated heterocycles. The monoisotopic (exact) mass is 299 g/mol. The van der Waals surface area contributed by atoms with Gasteiger partial charge in [-0.15, -0.1) is 23.5 Å². The Morgan fingerprint density at radius 1 is 1.32 bits per heavy atom. The second kappa shape index (κ2) is 6.86. The highest BCUT2D eigenvalue weighted by Gasteiger charge is 2.28. The van der Waals surface area contributed by atoms with E-state index in [1.807, 2.05) is 30.5 Å². The molecule has 0 atom stereocenters. The molecule has 1 rings (SSSR count). The van der Waals surface area contributed by atoms with Crippen molar-refractivity contribution in [1.29, 1.82) is 0 Å². The van der Waals surface area contributed by atoms with Crippen molar-refractivity contribution >= 4 is 41.1 Å². The standard InChI is InChI=1S/C13H17NO3S2/c1-13(2,12(16)17)19-8-11(15)14-9-6-4-5-7-10(9)18-3/h4-7H,8H2,1-3H3,(H,14,15)(H,16,17). The van der Waals surface area contributed by atoms with Gasteiger partial charge in [0.1, 0.15) is 4.75 Å². The molecule has 0 aliphatic heterocycles. The van der Waals surface area contributed by atoms with Gasteiger partial charge < -0.3 is 10.4 Å². The van der Waals surface area contributed by atoms with Crippen LogP contribution >= 0.6 is 23.5 Å². The minimum atomic E-state index is -0.962. The number of carboxylic acids is 1. The summed E-state index contributed by atoms with van der Waals surface area (Å²) in [5.74, 6) is -1.00. The molecular weight excluding hydrogens is 282 g/mol. The Hall–Kier alpha value is -1.14. The smallest absolute Gasteiger partial charge is 0.319 e. The number of carboxylic acid groups (broad SMARTS) is 1. The molecule has 2 N–H and O–H groups in total. The maximum absolute atomic E-state index is 11.8. The average molecular weight is 299 g/mol. The topological polar surface area (TPSA) is 66.4 Å². The van der Waals surface area contributed by atoms with Crippen molar-refractivity contribution in [3.8, 4) is 0 Å². The van der Waals surface area contributed by atoms with Gasteiger partial charge in [0, 0.05) is 4.90 Å². The summed E-state index contributed by atoms with van der Waals surface area (Å²) in [6, 6.07) is 7.51. The van der Waals surface area contributed by atoms with Gasteiger partial charge in [-0.05, 0) is 32.2 Å². The molecule has 6 heteroatoms. The summed E-state index contributed by atoms with van der Waals surface area (Å²) in [4.78, 5) is 23.7. The van der Waals surface area contributed by atoms with Gasteiger partial charge in [-0.3, -0.25) is 9.59 Å². The lowest BCUT2D eigenvalue weighted by molar-refractivity contribution is -0.138. The molecule has 0 aliphatic rings. The Morgan fingerprint density at radius 2 is 1.95 bits per heavy atom. The van der Waals surface area contributed by atoms with Crippen molar-refractivity contribution in [3.63, 3.8) is 0 Å². The molecule has 0 saturated carbocycles. The van der Waals surface area contributed by atoms with Crippen LogP contribution in [0.3, 0.4) is 0 Å². The summed E-state index contributed by atoms with van der Waals surface area (Å²) in [6.07, 6.45) is 1.94. The Labute approximate surface area is 121 Å². The van der Waals surface area contributed by atoms with Crippen LogP contribution < -0.4 is 5.32 Å². The Kier molecular flexibility index (Phi) is 5.75. The Bertz CT molecular complexity index is 475. The fraction of sp³-hybridized carbons (Fsp3) is 0.385. The van der Waals surface area contributed by atoms with Gasteiger partial charge in [0.25, 0.3) is 0 Å². The van der Waals surface area contributed by atoms with E-state index in [2.05, 4.69) is 5.32 Å². The molecule has 0 aromatic heterocycles. The molecule has 0 fully saturated rings. The van der Waals surface area contributed by atoms with Gasteiger partial charge in [-0.25, -0.2) is 0 Å². The van der Waals surface area contributed by atoms with Crippen molar-refractivity contribution in [2.75, 3.05) is 17.3 Å². The van der Waals surface area contributed by atoms with E-state index in [-0.39, 0.29) is 11.7 Å². The molecule has 1 aromatic rings. The molecule has 19 heavy (non-hydrogen) atoms. The summed E-state index contributed by atoms with van der Waals surface area (Å²) in [5.41, 5.74) is 0.758. The lowest BCUT2D eigenvalue weighted by Crippen LogP contribution is -2.29. The Morgan fingerprint density at radius 3 is 2.53 bits per heavy atom. The van der Waals surface area contributed by atoms with Gasteiger partial charge >= 0.3 is 5.97 Å². The van der Waals surface area contributed by atoms with Gasteiger partial charge in [0.15, 0.2) is 0 Å². The summed E-state index contributed by atoms with van der Waals surface area (Å²) in [6.45, 7) is 3.17. The second-order valence-electron chi connectivity index (χ2n) is 4.35. The third-order valence-electron chi connectivity index (χ3n) is 2.46. The summed E-state index contributed by atoms with van der Waals surface area (Å²) >= 11 is 2.66. The predicted molar refractivity (Wildman–Crippen MR) is 81.0 cm³/mol. The van der Waals surface area contributed by atoms with Gasteiger partial charge in [-0.1, -0.05) is 12.1 Å². The van der Waals surface area contributed by atoms with E-state index in [1.54, 1.807) is 25.6 Å². The lowest BCUT2D eigenvalue weighted by atomic mass is 10.2. The molecular formula is C13H17NO3S2. The van der Waals surface area contributed by atoms with Gasteiger partial charge in [0.2, 0.25) is 5.91 Å². The van der Waals surface area contributed by atoms with E-state index in [0.717, 1.165) is 22.3 Å². The third-order valence-corrected chi connectivity index (χ3v) is 4.56. The third kappa shape index (κ3) is 4.80. The molecule has 0 bridgehead atoms. The van der Waals surface area contributed by atoms with Crippen LogP contribution in [0, 0.1) is 0 Å².